The van der Waals surface area contributed by atoms with Crippen molar-refractivity contribution in [3.05, 3.63) is 35.9 Å². The van der Waals surface area contributed by atoms with Gasteiger partial charge in [0.25, 0.3) is 0 Å². The largest absolute Gasteiger partial charge is 0.300 e. The van der Waals surface area contributed by atoms with E-state index in [0.717, 1.165) is 19.4 Å². The zero-order valence-corrected chi connectivity index (χ0v) is 9.43. The van der Waals surface area contributed by atoms with Crippen LogP contribution in [0.3, 0.4) is 0 Å². The minimum Gasteiger partial charge on any atom is -0.300 e. The molecule has 2 aliphatic rings. The van der Waals surface area contributed by atoms with E-state index in [1.807, 2.05) is 0 Å². The Kier molecular flexibility index (Phi) is 2.52. The SMILES string of the molecule is O=C1C[C@H]2CC[C@H](C1)N2Cc1ccccc1. The average molecular weight is 215 g/mol. The van der Waals surface area contributed by atoms with E-state index in [9.17, 15) is 4.79 Å². The van der Waals surface area contributed by atoms with Gasteiger partial charge in [0.15, 0.2) is 0 Å². The molecule has 0 spiro atoms. The molecule has 2 saturated heterocycles. The zero-order valence-electron chi connectivity index (χ0n) is 9.43. The van der Waals surface area contributed by atoms with Crippen LogP contribution in [0.2, 0.25) is 0 Å². The predicted octanol–water partition coefficient (Wildman–Crippen LogP) is 2.38. The van der Waals surface area contributed by atoms with Gasteiger partial charge in [0.2, 0.25) is 0 Å². The maximum atomic E-state index is 11.5. The number of piperidine rings is 1. The van der Waals surface area contributed by atoms with Crippen LogP contribution in [0.4, 0.5) is 0 Å². The molecule has 0 amide bonds. The molecule has 16 heavy (non-hydrogen) atoms. The molecular formula is C14H17NO. The third kappa shape index (κ3) is 1.78. The smallest absolute Gasteiger partial charge is 0.136 e. The van der Waals surface area contributed by atoms with Gasteiger partial charge in [-0.1, -0.05) is 30.3 Å². The predicted molar refractivity (Wildman–Crippen MR) is 63.0 cm³/mol. The second-order valence-electron chi connectivity index (χ2n) is 4.99. The fourth-order valence-electron chi connectivity index (χ4n) is 3.11. The van der Waals surface area contributed by atoms with Gasteiger partial charge in [-0.2, -0.15) is 0 Å². The van der Waals surface area contributed by atoms with Gasteiger partial charge in [0, 0.05) is 31.5 Å². The Morgan fingerprint density at radius 3 is 2.31 bits per heavy atom. The molecule has 1 aromatic rings. The van der Waals surface area contributed by atoms with Crippen molar-refractivity contribution in [3.8, 4) is 0 Å². The monoisotopic (exact) mass is 215 g/mol. The summed E-state index contributed by atoms with van der Waals surface area (Å²) in [5.74, 6) is 0.469. The lowest BCUT2D eigenvalue weighted by atomic mass is 10.0. The number of rotatable bonds is 2. The molecule has 2 bridgehead atoms. The summed E-state index contributed by atoms with van der Waals surface area (Å²) in [5.41, 5.74) is 1.37. The summed E-state index contributed by atoms with van der Waals surface area (Å²) < 4.78 is 0. The van der Waals surface area contributed by atoms with Crippen molar-refractivity contribution < 1.29 is 4.79 Å². The Hall–Kier alpha value is -1.15. The molecule has 0 radical (unpaired) electrons. The van der Waals surface area contributed by atoms with Crippen LogP contribution in [-0.4, -0.2) is 22.8 Å². The fourth-order valence-corrected chi connectivity index (χ4v) is 3.11. The van der Waals surface area contributed by atoms with Crippen molar-refractivity contribution in [2.45, 2.75) is 44.3 Å². The molecular weight excluding hydrogens is 198 g/mol. The highest BCUT2D eigenvalue weighted by Gasteiger charge is 2.39. The number of fused-ring (bicyclic) bond motifs is 2. The number of Topliss-reactive ketones (excluding diaryl/α,β-unsaturated/α-hetero) is 1. The van der Waals surface area contributed by atoms with Gasteiger partial charge in [-0.15, -0.1) is 0 Å². The van der Waals surface area contributed by atoms with E-state index in [1.54, 1.807) is 0 Å². The maximum absolute atomic E-state index is 11.5. The van der Waals surface area contributed by atoms with Crippen molar-refractivity contribution in [1.29, 1.82) is 0 Å². The number of benzene rings is 1. The Morgan fingerprint density at radius 1 is 1.06 bits per heavy atom. The highest BCUT2D eigenvalue weighted by molar-refractivity contribution is 5.80. The molecule has 0 unspecified atom stereocenters. The molecule has 0 N–H and O–H groups in total. The van der Waals surface area contributed by atoms with Crippen molar-refractivity contribution >= 4 is 5.78 Å². The summed E-state index contributed by atoms with van der Waals surface area (Å²) in [6, 6.07) is 11.6. The molecule has 0 aliphatic carbocycles. The second-order valence-corrected chi connectivity index (χ2v) is 4.99. The van der Waals surface area contributed by atoms with Crippen molar-refractivity contribution in [3.63, 3.8) is 0 Å². The summed E-state index contributed by atoms with van der Waals surface area (Å²) in [7, 11) is 0. The average Bonchev–Trinajstić information content (AvgIpc) is 2.54. The van der Waals surface area contributed by atoms with E-state index in [-0.39, 0.29) is 0 Å². The normalized spacial score (nSPS) is 29.6. The lowest BCUT2D eigenvalue weighted by molar-refractivity contribution is -0.123. The highest BCUT2D eigenvalue weighted by atomic mass is 16.1. The number of hydrogen-bond donors (Lipinski definition) is 0. The summed E-state index contributed by atoms with van der Waals surface area (Å²) in [5, 5.41) is 0. The first-order chi connectivity index (χ1) is 7.83. The quantitative estimate of drug-likeness (QED) is 0.755. The van der Waals surface area contributed by atoms with Crippen LogP contribution in [0, 0.1) is 0 Å². The first-order valence-electron chi connectivity index (χ1n) is 6.14. The van der Waals surface area contributed by atoms with E-state index in [4.69, 9.17) is 0 Å². The molecule has 0 aromatic heterocycles. The lowest BCUT2D eigenvalue weighted by Gasteiger charge is -2.33. The van der Waals surface area contributed by atoms with Crippen molar-refractivity contribution in [2.75, 3.05) is 0 Å². The van der Waals surface area contributed by atoms with E-state index in [2.05, 4.69) is 35.2 Å². The maximum Gasteiger partial charge on any atom is 0.136 e. The number of carbonyl (C=O) groups excluding carboxylic acids is 1. The molecule has 2 heteroatoms. The van der Waals surface area contributed by atoms with E-state index in [1.165, 1.54) is 18.4 Å². The van der Waals surface area contributed by atoms with Crippen LogP contribution in [-0.2, 0) is 11.3 Å². The van der Waals surface area contributed by atoms with Crippen LogP contribution < -0.4 is 0 Å². The van der Waals surface area contributed by atoms with Gasteiger partial charge in [-0.05, 0) is 18.4 Å². The lowest BCUT2D eigenvalue weighted by Crippen LogP contribution is -2.42. The molecule has 84 valence electrons. The molecule has 2 nitrogen and oxygen atoms in total. The molecule has 2 heterocycles. The van der Waals surface area contributed by atoms with Crippen LogP contribution in [0.1, 0.15) is 31.2 Å². The first-order valence-corrected chi connectivity index (χ1v) is 6.14. The third-order valence-corrected chi connectivity index (χ3v) is 3.91. The van der Waals surface area contributed by atoms with Gasteiger partial charge in [-0.3, -0.25) is 9.69 Å². The van der Waals surface area contributed by atoms with Crippen molar-refractivity contribution in [1.82, 2.24) is 4.90 Å². The Morgan fingerprint density at radius 2 is 1.69 bits per heavy atom. The van der Waals surface area contributed by atoms with Gasteiger partial charge in [-0.25, -0.2) is 0 Å². The zero-order chi connectivity index (χ0) is 11.0. The molecule has 2 fully saturated rings. The van der Waals surface area contributed by atoms with Crippen LogP contribution in [0.25, 0.3) is 0 Å². The number of ketones is 1. The summed E-state index contributed by atoms with van der Waals surface area (Å²) in [6.45, 7) is 1.02. The third-order valence-electron chi connectivity index (χ3n) is 3.91. The Balaban J connectivity index is 1.75. The Bertz CT molecular complexity index is 371. The summed E-state index contributed by atoms with van der Waals surface area (Å²) in [4.78, 5) is 14.0. The summed E-state index contributed by atoms with van der Waals surface area (Å²) in [6.07, 6.45) is 3.99. The standard InChI is InChI=1S/C14H17NO/c16-14-8-12-6-7-13(9-14)15(12)10-11-4-2-1-3-5-11/h1-5,12-13H,6-10H2/t12-,13-/m1/s1. The Labute approximate surface area is 96.3 Å². The van der Waals surface area contributed by atoms with E-state index in [0.29, 0.717) is 17.9 Å². The molecule has 1 aromatic carbocycles. The topological polar surface area (TPSA) is 20.3 Å². The number of hydrogen-bond acceptors (Lipinski definition) is 2. The fraction of sp³-hybridized carbons (Fsp3) is 0.500. The van der Waals surface area contributed by atoms with Crippen LogP contribution in [0.15, 0.2) is 30.3 Å². The summed E-state index contributed by atoms with van der Waals surface area (Å²) >= 11 is 0. The molecule has 2 atom stereocenters. The van der Waals surface area contributed by atoms with Crippen LogP contribution >= 0.6 is 0 Å². The van der Waals surface area contributed by atoms with Gasteiger partial charge in [0.05, 0.1) is 0 Å². The van der Waals surface area contributed by atoms with E-state index >= 15 is 0 Å². The van der Waals surface area contributed by atoms with Crippen LogP contribution in [0.5, 0.6) is 0 Å². The minimum absolute atomic E-state index is 0.469. The highest BCUT2D eigenvalue weighted by Crippen LogP contribution is 2.34. The molecule has 0 saturated carbocycles. The molecule has 2 aliphatic heterocycles. The van der Waals surface area contributed by atoms with E-state index < -0.39 is 0 Å². The van der Waals surface area contributed by atoms with Crippen molar-refractivity contribution in [2.24, 2.45) is 0 Å². The molecule has 3 rings (SSSR count). The van der Waals surface area contributed by atoms with Gasteiger partial charge >= 0.3 is 0 Å². The number of carbonyl (C=O) groups is 1. The first kappa shape index (κ1) is 10.0. The minimum atomic E-state index is 0.469. The second kappa shape index (κ2) is 4.02. The van der Waals surface area contributed by atoms with Gasteiger partial charge < -0.3 is 0 Å². The number of nitrogens with zero attached hydrogens (tertiary/aromatic N) is 1. The van der Waals surface area contributed by atoms with Gasteiger partial charge in [0.1, 0.15) is 5.78 Å².